The maximum absolute atomic E-state index is 13.2. The van der Waals surface area contributed by atoms with E-state index < -0.39 is 29.7 Å². The van der Waals surface area contributed by atoms with Crippen LogP contribution in [0.5, 0.6) is 34.5 Å². The third kappa shape index (κ3) is 5.18. The Balaban J connectivity index is 1.54. The first-order valence-electron chi connectivity index (χ1n) is 14.0. The Morgan fingerprint density at radius 3 is 2.35 bits per heavy atom. The number of hydrogen-bond donors (Lipinski definition) is 2. The zero-order chi connectivity index (χ0) is 30.1. The molecule has 43 heavy (non-hydrogen) atoms. The quantitative estimate of drug-likeness (QED) is 0.211. The third-order valence-corrected chi connectivity index (χ3v) is 7.85. The molecule has 9 heteroatoms. The van der Waals surface area contributed by atoms with Crippen LogP contribution < -0.4 is 23.7 Å². The highest BCUT2D eigenvalue weighted by Gasteiger charge is 2.48. The summed E-state index contributed by atoms with van der Waals surface area (Å²) in [6.45, 7) is 2.63. The molecule has 0 saturated heterocycles. The highest BCUT2D eigenvalue weighted by atomic mass is 16.7. The predicted molar refractivity (Wildman–Crippen MR) is 156 cm³/mol. The molecule has 0 radical (unpaired) electrons. The minimum absolute atomic E-state index is 0.0219. The Hall–Kier alpha value is -5.18. The van der Waals surface area contributed by atoms with Crippen LogP contribution in [0.1, 0.15) is 57.8 Å². The number of methoxy groups -OCH3 is 1. The SMILES string of the molecule is CCCOc1ccc2c(c1)C(c1ccc(OC)cc1Oc1ccccc1C(=O)O)C(C(=O)O)C2c1ccc2c(c1)OCO2. The molecule has 4 aromatic carbocycles. The lowest BCUT2D eigenvalue weighted by Crippen LogP contribution is -2.24. The van der Waals surface area contributed by atoms with Crippen molar-refractivity contribution in [3.8, 4) is 34.5 Å². The van der Waals surface area contributed by atoms with E-state index >= 15 is 0 Å². The number of ether oxygens (including phenoxy) is 5. The number of carboxylic acid groups (broad SMARTS) is 2. The lowest BCUT2D eigenvalue weighted by Gasteiger charge is -2.25. The maximum Gasteiger partial charge on any atom is 0.339 e. The van der Waals surface area contributed by atoms with Gasteiger partial charge in [0.05, 0.1) is 19.6 Å². The summed E-state index contributed by atoms with van der Waals surface area (Å²) in [6.07, 6.45) is 0.817. The highest BCUT2D eigenvalue weighted by molar-refractivity contribution is 5.91. The Kier molecular flexibility index (Phi) is 7.54. The number of rotatable bonds is 10. The van der Waals surface area contributed by atoms with E-state index in [0.717, 1.165) is 23.1 Å². The van der Waals surface area contributed by atoms with Crippen molar-refractivity contribution in [2.24, 2.45) is 5.92 Å². The number of carbonyl (C=O) groups is 2. The smallest absolute Gasteiger partial charge is 0.339 e. The average molecular weight is 583 g/mol. The molecule has 4 aromatic rings. The largest absolute Gasteiger partial charge is 0.497 e. The molecule has 1 aliphatic heterocycles. The van der Waals surface area contributed by atoms with Gasteiger partial charge < -0.3 is 33.9 Å². The van der Waals surface area contributed by atoms with E-state index in [-0.39, 0.29) is 18.1 Å². The van der Waals surface area contributed by atoms with Crippen LogP contribution in [-0.4, -0.2) is 42.7 Å². The summed E-state index contributed by atoms with van der Waals surface area (Å²) >= 11 is 0. The standard InChI is InChI=1S/C34H30O9/c1-3-14-40-21-10-11-22-25(16-21)31(32(34(37)38)30(22)19-8-13-27-29(15-19)42-18-41-27)23-12-9-20(39-2)17-28(23)43-26-7-5-4-6-24(26)33(35)36/h4-13,15-17,30-32H,3,14,18H2,1-2H3,(H,35,36)(H,37,38). The molecule has 9 nitrogen and oxygen atoms in total. The van der Waals surface area contributed by atoms with Gasteiger partial charge in [0.25, 0.3) is 0 Å². The van der Waals surface area contributed by atoms with Gasteiger partial charge in [-0.1, -0.05) is 37.3 Å². The van der Waals surface area contributed by atoms with E-state index in [1.54, 1.807) is 42.5 Å². The second-order valence-corrected chi connectivity index (χ2v) is 10.4. The third-order valence-electron chi connectivity index (χ3n) is 7.85. The van der Waals surface area contributed by atoms with Crippen molar-refractivity contribution in [1.82, 2.24) is 0 Å². The zero-order valence-corrected chi connectivity index (χ0v) is 23.6. The van der Waals surface area contributed by atoms with Crippen molar-refractivity contribution in [1.29, 1.82) is 0 Å². The van der Waals surface area contributed by atoms with Gasteiger partial charge in [0.15, 0.2) is 11.5 Å². The number of aromatic carboxylic acids is 1. The lowest BCUT2D eigenvalue weighted by atomic mass is 9.79. The van der Waals surface area contributed by atoms with Crippen LogP contribution in [0.3, 0.4) is 0 Å². The number of para-hydroxylation sites is 1. The fourth-order valence-corrected chi connectivity index (χ4v) is 5.97. The van der Waals surface area contributed by atoms with E-state index in [0.29, 0.717) is 40.9 Å². The second-order valence-electron chi connectivity index (χ2n) is 10.4. The molecule has 0 fully saturated rings. The minimum atomic E-state index is -1.14. The van der Waals surface area contributed by atoms with E-state index in [1.165, 1.54) is 13.2 Å². The molecule has 3 atom stereocenters. The van der Waals surface area contributed by atoms with E-state index in [2.05, 4.69) is 0 Å². The van der Waals surface area contributed by atoms with Gasteiger partial charge in [-0.2, -0.15) is 0 Å². The summed E-state index contributed by atoms with van der Waals surface area (Å²) in [4.78, 5) is 25.2. The summed E-state index contributed by atoms with van der Waals surface area (Å²) in [5.74, 6) is -1.59. The van der Waals surface area contributed by atoms with Crippen molar-refractivity contribution in [3.05, 3.63) is 107 Å². The van der Waals surface area contributed by atoms with Gasteiger partial charge in [-0.05, 0) is 65.6 Å². The van der Waals surface area contributed by atoms with Crippen LogP contribution in [0.2, 0.25) is 0 Å². The van der Waals surface area contributed by atoms with Crippen molar-refractivity contribution in [2.75, 3.05) is 20.5 Å². The number of benzene rings is 4. The van der Waals surface area contributed by atoms with Crippen molar-refractivity contribution >= 4 is 11.9 Å². The molecule has 0 bridgehead atoms. The average Bonchev–Trinajstić information content (AvgIpc) is 3.62. The number of fused-ring (bicyclic) bond motifs is 2. The van der Waals surface area contributed by atoms with Crippen molar-refractivity contribution in [3.63, 3.8) is 0 Å². The van der Waals surface area contributed by atoms with Crippen molar-refractivity contribution < 1.29 is 43.5 Å². The molecule has 220 valence electrons. The Morgan fingerprint density at radius 2 is 1.58 bits per heavy atom. The van der Waals surface area contributed by atoms with Crippen LogP contribution in [0.25, 0.3) is 0 Å². The second kappa shape index (κ2) is 11.6. The van der Waals surface area contributed by atoms with Gasteiger partial charge in [0.2, 0.25) is 6.79 Å². The van der Waals surface area contributed by atoms with Gasteiger partial charge in [0.1, 0.15) is 28.6 Å². The van der Waals surface area contributed by atoms with Crippen LogP contribution in [0, 0.1) is 5.92 Å². The molecular formula is C34H30O9. The normalized spacial score (nSPS) is 18.1. The van der Waals surface area contributed by atoms with Gasteiger partial charge >= 0.3 is 11.9 Å². The van der Waals surface area contributed by atoms with Crippen LogP contribution >= 0.6 is 0 Å². The predicted octanol–water partition coefficient (Wildman–Crippen LogP) is 6.68. The number of carboxylic acids is 2. The van der Waals surface area contributed by atoms with Crippen molar-refractivity contribution in [2.45, 2.75) is 25.2 Å². The summed E-state index contributed by atoms with van der Waals surface area (Å²) in [6, 6.07) is 22.7. The fraction of sp³-hybridized carbons (Fsp3) is 0.235. The van der Waals surface area contributed by atoms with E-state index in [9.17, 15) is 19.8 Å². The summed E-state index contributed by atoms with van der Waals surface area (Å²) < 4.78 is 28.8. The first kappa shape index (κ1) is 28.0. The van der Waals surface area contributed by atoms with Gasteiger partial charge in [-0.25, -0.2) is 4.79 Å². The Labute approximate surface area is 248 Å². The van der Waals surface area contributed by atoms with E-state index in [1.807, 2.05) is 37.3 Å². The summed E-state index contributed by atoms with van der Waals surface area (Å²) in [7, 11) is 1.52. The van der Waals surface area contributed by atoms with E-state index in [4.69, 9.17) is 23.7 Å². The Bertz CT molecular complexity index is 1700. The molecule has 2 N–H and O–H groups in total. The first-order chi connectivity index (χ1) is 20.9. The molecule has 3 unspecified atom stereocenters. The Morgan fingerprint density at radius 1 is 0.814 bits per heavy atom. The molecular weight excluding hydrogens is 552 g/mol. The number of hydrogen-bond acceptors (Lipinski definition) is 7. The fourth-order valence-electron chi connectivity index (χ4n) is 5.97. The lowest BCUT2D eigenvalue weighted by molar-refractivity contribution is -0.142. The highest BCUT2D eigenvalue weighted by Crippen LogP contribution is 2.56. The molecule has 0 spiro atoms. The zero-order valence-electron chi connectivity index (χ0n) is 23.6. The van der Waals surface area contributed by atoms with Crippen LogP contribution in [0.15, 0.2) is 78.9 Å². The minimum Gasteiger partial charge on any atom is -0.497 e. The molecule has 6 rings (SSSR count). The van der Waals surface area contributed by atoms with Crippen LogP contribution in [0.4, 0.5) is 0 Å². The number of aliphatic carboxylic acids is 1. The first-order valence-corrected chi connectivity index (χ1v) is 14.0. The maximum atomic E-state index is 13.2. The summed E-state index contributed by atoms with van der Waals surface area (Å²) in [5, 5.41) is 20.6. The summed E-state index contributed by atoms with van der Waals surface area (Å²) in [5.41, 5.74) is 2.95. The molecule has 0 amide bonds. The van der Waals surface area contributed by atoms with Crippen LogP contribution in [-0.2, 0) is 4.79 Å². The molecule has 0 saturated carbocycles. The topological polar surface area (TPSA) is 121 Å². The molecule has 0 aromatic heterocycles. The molecule has 1 heterocycles. The van der Waals surface area contributed by atoms with Gasteiger partial charge in [-0.15, -0.1) is 0 Å². The molecule has 1 aliphatic carbocycles. The monoisotopic (exact) mass is 582 g/mol. The van der Waals surface area contributed by atoms with Gasteiger partial charge in [0, 0.05) is 23.5 Å². The molecule has 2 aliphatic rings. The van der Waals surface area contributed by atoms with Gasteiger partial charge in [-0.3, -0.25) is 4.79 Å².